The van der Waals surface area contributed by atoms with Gasteiger partial charge in [0.05, 0.1) is 30.2 Å². The van der Waals surface area contributed by atoms with Crippen molar-refractivity contribution in [2.24, 2.45) is 0 Å². The highest BCUT2D eigenvalue weighted by Crippen LogP contribution is 2.30. The van der Waals surface area contributed by atoms with Crippen LogP contribution >= 0.6 is 0 Å². The van der Waals surface area contributed by atoms with E-state index < -0.39 is 0 Å². The van der Waals surface area contributed by atoms with E-state index in [2.05, 4.69) is 17.2 Å². The van der Waals surface area contributed by atoms with Gasteiger partial charge in [-0.15, -0.1) is 0 Å². The van der Waals surface area contributed by atoms with Crippen LogP contribution in [0.5, 0.6) is 5.75 Å². The summed E-state index contributed by atoms with van der Waals surface area (Å²) in [4.78, 5) is 4.16. The Morgan fingerprint density at radius 3 is 2.67 bits per heavy atom. The molecule has 0 aliphatic carbocycles. The molecule has 0 bridgehead atoms. The number of benzene rings is 1. The Labute approximate surface area is 125 Å². The lowest BCUT2D eigenvalue weighted by Crippen LogP contribution is -2.12. The summed E-state index contributed by atoms with van der Waals surface area (Å²) in [6.07, 6.45) is 2.09. The first-order chi connectivity index (χ1) is 10.1. The zero-order valence-corrected chi connectivity index (χ0v) is 12.7. The number of aromatic nitrogens is 1. The van der Waals surface area contributed by atoms with E-state index in [1.165, 1.54) is 12.3 Å². The van der Waals surface area contributed by atoms with Crippen LogP contribution in [0.2, 0.25) is 0 Å². The minimum atomic E-state index is -0.320. The molecule has 1 aromatic carbocycles. The first-order valence-corrected chi connectivity index (χ1v) is 7.25. The molecule has 0 saturated carbocycles. The Bertz CT molecular complexity index is 584. The van der Waals surface area contributed by atoms with Gasteiger partial charge in [-0.2, -0.15) is 0 Å². The van der Waals surface area contributed by atoms with Crippen molar-refractivity contribution >= 4 is 5.69 Å². The molecule has 1 unspecified atom stereocenters. The van der Waals surface area contributed by atoms with Gasteiger partial charge in [0.1, 0.15) is 11.6 Å². The van der Waals surface area contributed by atoms with E-state index in [0.717, 1.165) is 29.1 Å². The molecule has 1 N–H and O–H groups in total. The molecule has 112 valence electrons. The van der Waals surface area contributed by atoms with Crippen molar-refractivity contribution in [2.45, 2.75) is 33.2 Å². The summed E-state index contributed by atoms with van der Waals surface area (Å²) in [5.74, 6) is 0.511. The van der Waals surface area contributed by atoms with Gasteiger partial charge in [-0.05, 0) is 50.1 Å². The molecule has 0 aliphatic rings. The maximum absolute atomic E-state index is 13.0. The number of nitrogens with zero attached hydrogens (tertiary/aromatic N) is 1. The third-order valence-corrected chi connectivity index (χ3v) is 3.28. The quantitative estimate of drug-likeness (QED) is 0.850. The van der Waals surface area contributed by atoms with E-state index in [4.69, 9.17) is 4.74 Å². The molecule has 4 heteroatoms. The fourth-order valence-electron chi connectivity index (χ4n) is 2.19. The second kappa shape index (κ2) is 7.07. The monoisotopic (exact) mass is 288 g/mol. The van der Waals surface area contributed by atoms with Crippen LogP contribution in [0.25, 0.3) is 0 Å². The number of aryl methyl sites for hydroxylation is 1. The summed E-state index contributed by atoms with van der Waals surface area (Å²) in [6, 6.07) is 9.22. The van der Waals surface area contributed by atoms with E-state index in [1.807, 2.05) is 32.0 Å². The maximum Gasteiger partial charge on any atom is 0.142 e. The van der Waals surface area contributed by atoms with Crippen LogP contribution in [0.4, 0.5) is 10.1 Å². The maximum atomic E-state index is 13.0. The number of hydrogen-bond acceptors (Lipinski definition) is 3. The molecule has 0 amide bonds. The molecule has 1 heterocycles. The lowest BCUT2D eigenvalue weighted by atomic mass is 10.1. The van der Waals surface area contributed by atoms with Crippen molar-refractivity contribution in [1.29, 1.82) is 0 Å². The van der Waals surface area contributed by atoms with Crippen molar-refractivity contribution in [1.82, 2.24) is 4.98 Å². The average molecular weight is 288 g/mol. The van der Waals surface area contributed by atoms with Crippen LogP contribution in [-0.4, -0.2) is 11.6 Å². The first-order valence-electron chi connectivity index (χ1n) is 7.25. The smallest absolute Gasteiger partial charge is 0.142 e. The normalized spacial score (nSPS) is 12.0. The highest BCUT2D eigenvalue weighted by molar-refractivity contribution is 5.58. The van der Waals surface area contributed by atoms with Crippen LogP contribution in [0, 0.1) is 12.7 Å². The van der Waals surface area contributed by atoms with Gasteiger partial charge in [0.15, 0.2) is 0 Å². The Balaban J connectivity index is 2.24. The summed E-state index contributed by atoms with van der Waals surface area (Å²) >= 11 is 0. The zero-order valence-electron chi connectivity index (χ0n) is 12.7. The predicted octanol–water partition coefficient (Wildman–Crippen LogP) is 4.49. The number of ether oxygens (including phenoxy) is 1. The summed E-state index contributed by atoms with van der Waals surface area (Å²) in [6.45, 7) is 6.68. The van der Waals surface area contributed by atoms with Gasteiger partial charge in [0.2, 0.25) is 0 Å². The van der Waals surface area contributed by atoms with Gasteiger partial charge in [-0.25, -0.2) is 4.39 Å². The summed E-state index contributed by atoms with van der Waals surface area (Å²) in [7, 11) is 0. The molecule has 0 spiro atoms. The highest BCUT2D eigenvalue weighted by Gasteiger charge is 2.13. The molecule has 1 atom stereocenters. The second-order valence-electron chi connectivity index (χ2n) is 4.94. The summed E-state index contributed by atoms with van der Waals surface area (Å²) < 4.78 is 18.7. The van der Waals surface area contributed by atoms with Crippen molar-refractivity contribution in [3.05, 3.63) is 53.6 Å². The Hall–Kier alpha value is -2.10. The molecule has 2 aromatic rings. The number of nitrogens with one attached hydrogen (secondary N) is 1. The molecule has 2 rings (SSSR count). The van der Waals surface area contributed by atoms with E-state index in [0.29, 0.717) is 6.61 Å². The molecule has 3 nitrogen and oxygen atoms in total. The molecule has 0 saturated heterocycles. The van der Waals surface area contributed by atoms with E-state index in [9.17, 15) is 4.39 Å². The van der Waals surface area contributed by atoms with Crippen LogP contribution in [0.3, 0.4) is 0 Å². The first kappa shape index (κ1) is 15.3. The van der Waals surface area contributed by atoms with E-state index in [1.54, 1.807) is 6.07 Å². The highest BCUT2D eigenvalue weighted by atomic mass is 19.1. The third kappa shape index (κ3) is 3.94. The molecular formula is C17H21FN2O. The lowest BCUT2D eigenvalue weighted by molar-refractivity contribution is 0.341. The largest absolute Gasteiger partial charge is 0.492 e. The fourth-order valence-corrected chi connectivity index (χ4v) is 2.19. The van der Waals surface area contributed by atoms with Gasteiger partial charge in [-0.3, -0.25) is 4.98 Å². The van der Waals surface area contributed by atoms with Gasteiger partial charge < -0.3 is 10.1 Å². The second-order valence-corrected chi connectivity index (χ2v) is 4.94. The van der Waals surface area contributed by atoms with E-state index in [-0.39, 0.29) is 11.9 Å². The molecule has 0 radical (unpaired) electrons. The van der Waals surface area contributed by atoms with Gasteiger partial charge >= 0.3 is 0 Å². The fraction of sp³-hybridized carbons (Fsp3) is 0.353. The Morgan fingerprint density at radius 2 is 2.05 bits per heavy atom. The number of halogens is 1. The van der Waals surface area contributed by atoms with Gasteiger partial charge in [-0.1, -0.05) is 13.0 Å². The predicted molar refractivity (Wildman–Crippen MR) is 83.2 cm³/mol. The van der Waals surface area contributed by atoms with Crippen LogP contribution in [-0.2, 0) is 0 Å². The topological polar surface area (TPSA) is 34.1 Å². The SMILES string of the molecule is CCOc1cc(C)ccc1NC(CC)c1ccc(F)cn1. The number of rotatable bonds is 6. The average Bonchev–Trinajstić information content (AvgIpc) is 2.48. The van der Waals surface area contributed by atoms with Crippen molar-refractivity contribution in [2.75, 3.05) is 11.9 Å². The standard InChI is InChI=1S/C17H21FN2O/c1-4-14(15-9-7-13(18)11-19-15)20-16-8-6-12(3)10-17(16)21-5-2/h6-11,14,20H,4-5H2,1-3H3. The van der Waals surface area contributed by atoms with Gasteiger partial charge in [0.25, 0.3) is 0 Å². The van der Waals surface area contributed by atoms with E-state index >= 15 is 0 Å². The molecule has 0 fully saturated rings. The number of pyridine rings is 1. The van der Waals surface area contributed by atoms with Crippen LogP contribution in [0.15, 0.2) is 36.5 Å². The van der Waals surface area contributed by atoms with Crippen molar-refractivity contribution in [3.63, 3.8) is 0 Å². The summed E-state index contributed by atoms with van der Waals surface area (Å²) in [5, 5.41) is 3.44. The number of hydrogen-bond donors (Lipinski definition) is 1. The molecule has 1 aromatic heterocycles. The molecule has 21 heavy (non-hydrogen) atoms. The summed E-state index contributed by atoms with van der Waals surface area (Å²) in [5.41, 5.74) is 2.90. The van der Waals surface area contributed by atoms with Crippen molar-refractivity contribution in [3.8, 4) is 5.75 Å². The zero-order chi connectivity index (χ0) is 15.2. The molecular weight excluding hydrogens is 267 g/mol. The Morgan fingerprint density at radius 1 is 1.24 bits per heavy atom. The van der Waals surface area contributed by atoms with Crippen LogP contribution < -0.4 is 10.1 Å². The van der Waals surface area contributed by atoms with Crippen molar-refractivity contribution < 1.29 is 9.13 Å². The van der Waals surface area contributed by atoms with Crippen LogP contribution in [0.1, 0.15) is 37.6 Å². The minimum Gasteiger partial charge on any atom is -0.492 e. The van der Waals surface area contributed by atoms with Gasteiger partial charge in [0, 0.05) is 0 Å². The minimum absolute atomic E-state index is 0.0208. The number of anilines is 1. The molecule has 0 aliphatic heterocycles. The lowest BCUT2D eigenvalue weighted by Gasteiger charge is -2.20. The Kier molecular flexibility index (Phi) is 5.14. The third-order valence-electron chi connectivity index (χ3n) is 3.28.